The minimum Gasteiger partial charge on any atom is -0.463 e. The zero-order valence-electron chi connectivity index (χ0n) is 16.8. The van der Waals surface area contributed by atoms with Crippen LogP contribution in [-0.2, 0) is 30.3 Å². The Morgan fingerprint density at radius 3 is 2.48 bits per heavy atom. The van der Waals surface area contributed by atoms with Gasteiger partial charge in [-0.15, -0.1) is 11.3 Å². The molecule has 1 aromatic rings. The van der Waals surface area contributed by atoms with Gasteiger partial charge in [0.1, 0.15) is 11.5 Å². The molecule has 158 valence electrons. The molecular formula is C19H24N2O6S2. The summed E-state index contributed by atoms with van der Waals surface area (Å²) in [6.45, 7) is 7.36. The molecule has 0 aromatic carbocycles. The molecule has 2 rings (SSSR count). The molecule has 1 saturated heterocycles. The van der Waals surface area contributed by atoms with Crippen molar-refractivity contribution in [3.63, 3.8) is 0 Å². The first-order valence-electron chi connectivity index (χ1n) is 9.23. The van der Waals surface area contributed by atoms with Gasteiger partial charge in [0.15, 0.2) is 0 Å². The molecule has 2 amide bonds. The fourth-order valence-electron chi connectivity index (χ4n) is 2.73. The summed E-state index contributed by atoms with van der Waals surface area (Å²) in [5.74, 6) is -1.66. The number of ether oxygens (including phenoxy) is 2. The predicted octanol–water partition coefficient (Wildman–Crippen LogP) is 2.71. The molecule has 0 aliphatic carbocycles. The quantitative estimate of drug-likeness (QED) is 0.490. The Bertz CT molecular complexity index is 846. The lowest BCUT2D eigenvalue weighted by atomic mass is 10.1. The lowest BCUT2D eigenvalue weighted by Crippen LogP contribution is -2.34. The third kappa shape index (κ3) is 5.60. The molecule has 0 saturated carbocycles. The predicted molar refractivity (Wildman–Crippen MR) is 112 cm³/mol. The summed E-state index contributed by atoms with van der Waals surface area (Å²) in [4.78, 5) is 51.0. The van der Waals surface area contributed by atoms with Gasteiger partial charge in [0.25, 0.3) is 0 Å². The number of amides is 2. The van der Waals surface area contributed by atoms with Crippen LogP contribution >= 0.6 is 23.1 Å². The number of thioether (sulfide) groups is 1. The van der Waals surface area contributed by atoms with Crippen molar-refractivity contribution in [2.75, 3.05) is 30.8 Å². The molecule has 10 heteroatoms. The fraction of sp³-hybridized carbons (Fsp3) is 0.474. The summed E-state index contributed by atoms with van der Waals surface area (Å²) in [6, 6.07) is 0. The largest absolute Gasteiger partial charge is 0.463 e. The maximum atomic E-state index is 12.6. The molecule has 2 heterocycles. The van der Waals surface area contributed by atoms with Crippen LogP contribution in [0.2, 0.25) is 0 Å². The van der Waals surface area contributed by atoms with Gasteiger partial charge in [-0.3, -0.25) is 14.5 Å². The summed E-state index contributed by atoms with van der Waals surface area (Å²) >= 11 is 2.49. The molecule has 1 aliphatic heterocycles. The van der Waals surface area contributed by atoms with E-state index in [1.165, 1.54) is 34.1 Å². The third-order valence-corrected chi connectivity index (χ3v) is 6.42. The Labute approximate surface area is 177 Å². The number of hydrogen-bond acceptors (Lipinski definition) is 8. The van der Waals surface area contributed by atoms with Gasteiger partial charge in [-0.1, -0.05) is 18.7 Å². The number of esters is 2. The van der Waals surface area contributed by atoms with Gasteiger partial charge in [-0.25, -0.2) is 9.59 Å². The Morgan fingerprint density at radius 2 is 1.86 bits per heavy atom. The van der Waals surface area contributed by atoms with E-state index in [9.17, 15) is 19.2 Å². The fourth-order valence-corrected chi connectivity index (χ4v) is 4.81. The van der Waals surface area contributed by atoms with Crippen molar-refractivity contribution >= 4 is 51.9 Å². The van der Waals surface area contributed by atoms with Crippen LogP contribution in [0.5, 0.6) is 0 Å². The van der Waals surface area contributed by atoms with Crippen LogP contribution in [0.4, 0.5) is 5.00 Å². The zero-order chi connectivity index (χ0) is 21.6. The van der Waals surface area contributed by atoms with E-state index in [4.69, 9.17) is 9.47 Å². The summed E-state index contributed by atoms with van der Waals surface area (Å²) < 4.78 is 9.98. The van der Waals surface area contributed by atoms with E-state index in [1.807, 2.05) is 13.8 Å². The average Bonchev–Trinajstić information content (AvgIpc) is 3.15. The van der Waals surface area contributed by atoms with Crippen molar-refractivity contribution in [2.24, 2.45) is 0 Å². The molecule has 0 radical (unpaired) electrons. The number of anilines is 1. The monoisotopic (exact) mass is 440 g/mol. The minimum atomic E-state index is -0.568. The molecule has 1 aliphatic rings. The first kappa shape index (κ1) is 23.0. The molecular weight excluding hydrogens is 416 g/mol. The number of nitrogens with one attached hydrogen (secondary N) is 1. The van der Waals surface area contributed by atoms with Crippen LogP contribution in [0.3, 0.4) is 0 Å². The summed E-state index contributed by atoms with van der Waals surface area (Å²) in [7, 11) is 0. The van der Waals surface area contributed by atoms with Crippen molar-refractivity contribution < 1.29 is 28.7 Å². The zero-order valence-corrected chi connectivity index (χ0v) is 18.5. The van der Waals surface area contributed by atoms with E-state index in [-0.39, 0.29) is 31.4 Å². The van der Waals surface area contributed by atoms with Crippen molar-refractivity contribution in [1.82, 2.24) is 4.90 Å². The molecule has 1 aromatic heterocycles. The number of carbonyl (C=O) groups excluding carboxylic acids is 4. The second-order valence-corrected chi connectivity index (χ2v) is 8.08. The van der Waals surface area contributed by atoms with Gasteiger partial charge in [0, 0.05) is 4.88 Å². The molecule has 29 heavy (non-hydrogen) atoms. The van der Waals surface area contributed by atoms with Gasteiger partial charge < -0.3 is 14.8 Å². The number of hydrogen-bond donors (Lipinski definition) is 1. The molecule has 0 bridgehead atoms. The second-order valence-electron chi connectivity index (χ2n) is 5.98. The van der Waals surface area contributed by atoms with Gasteiger partial charge in [-0.05, 0) is 32.8 Å². The van der Waals surface area contributed by atoms with Gasteiger partial charge >= 0.3 is 11.9 Å². The number of nitrogens with zero attached hydrogens (tertiary/aromatic N) is 1. The molecule has 0 atom stereocenters. The van der Waals surface area contributed by atoms with E-state index in [0.717, 1.165) is 10.4 Å². The first-order valence-corrected chi connectivity index (χ1v) is 11.0. The summed E-state index contributed by atoms with van der Waals surface area (Å²) in [5, 5.41) is 3.49. The van der Waals surface area contributed by atoms with E-state index in [1.54, 1.807) is 13.8 Å². The van der Waals surface area contributed by atoms with E-state index in [2.05, 4.69) is 5.32 Å². The van der Waals surface area contributed by atoms with Gasteiger partial charge in [0.05, 0.1) is 35.6 Å². The van der Waals surface area contributed by atoms with Gasteiger partial charge in [-0.2, -0.15) is 0 Å². The minimum absolute atomic E-state index is 0.144. The Morgan fingerprint density at radius 1 is 1.17 bits per heavy atom. The highest BCUT2D eigenvalue weighted by molar-refractivity contribution is 8.04. The third-order valence-electron chi connectivity index (χ3n) is 4.04. The lowest BCUT2D eigenvalue weighted by Gasteiger charge is -2.16. The summed E-state index contributed by atoms with van der Waals surface area (Å²) in [5.41, 5.74) is 1.12. The van der Waals surface area contributed by atoms with Crippen LogP contribution < -0.4 is 5.32 Å². The van der Waals surface area contributed by atoms with Crippen LogP contribution in [0.25, 0.3) is 0 Å². The van der Waals surface area contributed by atoms with Crippen molar-refractivity contribution in [3.8, 4) is 0 Å². The highest BCUT2D eigenvalue weighted by atomic mass is 32.2. The lowest BCUT2D eigenvalue weighted by molar-refractivity contribution is -0.137. The average molecular weight is 441 g/mol. The van der Waals surface area contributed by atoms with Crippen LogP contribution in [0.1, 0.15) is 41.6 Å². The SMILES string of the molecule is CCOC(=O)C=C1SCC(=O)N1CC(=O)Nc1sc(CC)c(C)c1C(=O)OCC. The first-order chi connectivity index (χ1) is 13.8. The second kappa shape index (κ2) is 10.4. The van der Waals surface area contributed by atoms with Crippen LogP contribution in [0, 0.1) is 6.92 Å². The maximum Gasteiger partial charge on any atom is 0.341 e. The van der Waals surface area contributed by atoms with Crippen molar-refractivity contribution in [3.05, 3.63) is 27.1 Å². The Kier molecular flexibility index (Phi) is 8.27. The topological polar surface area (TPSA) is 102 Å². The Hall–Kier alpha value is -2.33. The molecule has 0 spiro atoms. The molecule has 0 unspecified atom stereocenters. The van der Waals surface area contributed by atoms with E-state index >= 15 is 0 Å². The maximum absolute atomic E-state index is 12.6. The highest BCUT2D eigenvalue weighted by Gasteiger charge is 2.30. The van der Waals surface area contributed by atoms with Gasteiger partial charge in [0.2, 0.25) is 11.8 Å². The van der Waals surface area contributed by atoms with Crippen molar-refractivity contribution in [2.45, 2.75) is 34.1 Å². The number of aryl methyl sites for hydroxylation is 1. The Balaban J connectivity index is 2.19. The van der Waals surface area contributed by atoms with Crippen LogP contribution in [-0.4, -0.2) is 54.2 Å². The van der Waals surface area contributed by atoms with E-state index < -0.39 is 17.8 Å². The normalized spacial score (nSPS) is 15.0. The molecule has 8 nitrogen and oxygen atoms in total. The van der Waals surface area contributed by atoms with Crippen LogP contribution in [0.15, 0.2) is 11.1 Å². The number of rotatable bonds is 8. The summed E-state index contributed by atoms with van der Waals surface area (Å²) in [6.07, 6.45) is 1.92. The van der Waals surface area contributed by atoms with E-state index in [0.29, 0.717) is 22.0 Å². The molecule has 1 N–H and O–H groups in total. The van der Waals surface area contributed by atoms with Crippen molar-refractivity contribution in [1.29, 1.82) is 0 Å². The number of carbonyl (C=O) groups is 4. The highest BCUT2D eigenvalue weighted by Crippen LogP contribution is 2.34. The molecule has 1 fully saturated rings. The standard InChI is InChI=1S/C19H24N2O6S2/c1-5-12-11(4)17(19(25)27-7-3)18(29-12)20-13(22)9-21-14(23)10-28-15(21)8-16(24)26-6-2/h8H,5-7,9-10H2,1-4H3,(H,20,22). The number of thiophene rings is 1. The smallest absolute Gasteiger partial charge is 0.341 e.